The summed E-state index contributed by atoms with van der Waals surface area (Å²) in [7, 11) is 5.04. The summed E-state index contributed by atoms with van der Waals surface area (Å²) >= 11 is 0. The molecule has 0 aliphatic carbocycles. The van der Waals surface area contributed by atoms with Crippen LogP contribution in [0.3, 0.4) is 0 Å². The van der Waals surface area contributed by atoms with Crippen molar-refractivity contribution in [3.05, 3.63) is 0 Å². The molecule has 0 aromatic rings. The van der Waals surface area contributed by atoms with Gasteiger partial charge in [-0.05, 0) is 0 Å². The van der Waals surface area contributed by atoms with E-state index in [0.29, 0.717) is 6.61 Å². The van der Waals surface area contributed by atoms with Gasteiger partial charge in [-0.15, -0.1) is 0 Å². The molecule has 0 atom stereocenters. The van der Waals surface area contributed by atoms with Crippen LogP contribution in [0, 0.1) is 0 Å². The van der Waals surface area contributed by atoms with Crippen molar-refractivity contribution in [3.63, 3.8) is 0 Å². The van der Waals surface area contributed by atoms with E-state index in [2.05, 4.69) is 12.2 Å². The van der Waals surface area contributed by atoms with Gasteiger partial charge in [0.15, 0.2) is 0 Å². The third kappa shape index (κ3) is 7.87. The summed E-state index contributed by atoms with van der Waals surface area (Å²) in [6, 6.07) is 0. The lowest BCUT2D eigenvalue weighted by molar-refractivity contribution is 0.155. The van der Waals surface area contributed by atoms with E-state index < -0.39 is 0 Å². The quantitative estimate of drug-likeness (QED) is 0.536. The molecule has 5 heteroatoms. The van der Waals surface area contributed by atoms with Gasteiger partial charge in [0, 0.05) is 18.6 Å². The Hall–Kier alpha value is -0.0300. The van der Waals surface area contributed by atoms with Crippen molar-refractivity contribution < 1.29 is 9.53 Å². The zero-order valence-corrected chi connectivity index (χ0v) is 8.39. The first-order valence-electron chi connectivity index (χ1n) is 3.40. The number of alkyl carbamates (subject to hydrolysis) is 1. The van der Waals surface area contributed by atoms with Crippen LogP contribution in [0.2, 0.25) is 0 Å². The fraction of sp³-hybridized carbons (Fsp3) is 0.833. The van der Waals surface area contributed by atoms with Crippen molar-refractivity contribution >= 4 is 27.7 Å². The van der Waals surface area contributed by atoms with Gasteiger partial charge >= 0.3 is 6.09 Å². The molecule has 0 aromatic heterocycles. The standard InChI is InChI=1S/C6H13NO2S2/c1-3-10-11-5-4-9-6(8)7-2/h3-5H2,1-2H3,(H,7,8). The van der Waals surface area contributed by atoms with Crippen molar-refractivity contribution in [2.75, 3.05) is 25.2 Å². The lowest BCUT2D eigenvalue weighted by Gasteiger charge is -2.01. The second-order valence-corrected chi connectivity index (χ2v) is 4.49. The van der Waals surface area contributed by atoms with E-state index in [9.17, 15) is 4.79 Å². The molecule has 0 bridgehead atoms. The summed E-state index contributed by atoms with van der Waals surface area (Å²) in [5, 5.41) is 2.38. The van der Waals surface area contributed by atoms with Gasteiger partial charge < -0.3 is 10.1 Å². The van der Waals surface area contributed by atoms with Crippen LogP contribution in [0.4, 0.5) is 4.79 Å². The van der Waals surface area contributed by atoms with Crippen LogP contribution in [0.15, 0.2) is 0 Å². The second-order valence-electron chi connectivity index (χ2n) is 1.61. The first-order chi connectivity index (χ1) is 5.31. The second kappa shape index (κ2) is 8.07. The van der Waals surface area contributed by atoms with Crippen molar-refractivity contribution in [2.24, 2.45) is 0 Å². The predicted octanol–water partition coefficient (Wildman–Crippen LogP) is 1.74. The van der Waals surface area contributed by atoms with E-state index in [4.69, 9.17) is 4.74 Å². The molecular weight excluding hydrogens is 182 g/mol. The molecule has 0 aromatic carbocycles. The number of nitrogens with one attached hydrogen (secondary N) is 1. The summed E-state index contributed by atoms with van der Waals surface area (Å²) in [4.78, 5) is 10.5. The Balaban J connectivity index is 2.95. The minimum Gasteiger partial charge on any atom is -0.449 e. The van der Waals surface area contributed by atoms with E-state index in [1.54, 1.807) is 28.6 Å². The van der Waals surface area contributed by atoms with Crippen LogP contribution in [0.1, 0.15) is 6.92 Å². The Morgan fingerprint density at radius 1 is 1.55 bits per heavy atom. The predicted molar refractivity (Wildman–Crippen MR) is 51.0 cm³/mol. The maximum absolute atomic E-state index is 10.5. The zero-order valence-electron chi connectivity index (χ0n) is 6.75. The minimum absolute atomic E-state index is 0.355. The fourth-order valence-electron chi connectivity index (χ4n) is 0.383. The Morgan fingerprint density at radius 2 is 2.27 bits per heavy atom. The molecular formula is C6H13NO2S2. The summed E-state index contributed by atoms with van der Waals surface area (Å²) in [6.07, 6.45) is -0.355. The number of hydrogen-bond acceptors (Lipinski definition) is 4. The van der Waals surface area contributed by atoms with Crippen LogP contribution >= 0.6 is 21.6 Å². The Labute approximate surface area is 75.0 Å². The molecule has 0 saturated carbocycles. The van der Waals surface area contributed by atoms with Gasteiger partial charge in [-0.2, -0.15) is 0 Å². The lowest BCUT2D eigenvalue weighted by atomic mass is 10.8. The van der Waals surface area contributed by atoms with Gasteiger partial charge in [-0.1, -0.05) is 28.5 Å². The molecule has 3 nitrogen and oxygen atoms in total. The number of amides is 1. The highest BCUT2D eigenvalue weighted by atomic mass is 33.1. The van der Waals surface area contributed by atoms with Crippen molar-refractivity contribution in [3.8, 4) is 0 Å². The summed E-state index contributed by atoms with van der Waals surface area (Å²) < 4.78 is 4.75. The normalized spacial score (nSPS) is 9.27. The van der Waals surface area contributed by atoms with E-state index in [-0.39, 0.29) is 6.09 Å². The molecule has 0 aliphatic rings. The van der Waals surface area contributed by atoms with E-state index in [1.165, 1.54) is 0 Å². The molecule has 1 N–H and O–H groups in total. The van der Waals surface area contributed by atoms with Gasteiger partial charge in [-0.25, -0.2) is 4.79 Å². The van der Waals surface area contributed by atoms with Gasteiger partial charge in [0.2, 0.25) is 0 Å². The summed E-state index contributed by atoms with van der Waals surface area (Å²) in [5.41, 5.74) is 0. The van der Waals surface area contributed by atoms with Crippen molar-refractivity contribution in [1.82, 2.24) is 5.32 Å². The maximum atomic E-state index is 10.5. The average Bonchev–Trinajstić information content (AvgIpc) is 2.04. The smallest absolute Gasteiger partial charge is 0.406 e. The van der Waals surface area contributed by atoms with Crippen LogP contribution in [-0.2, 0) is 4.74 Å². The zero-order chi connectivity index (χ0) is 8.53. The third-order valence-electron chi connectivity index (χ3n) is 0.805. The fourth-order valence-corrected chi connectivity index (χ4v) is 1.88. The molecule has 0 heterocycles. The van der Waals surface area contributed by atoms with Crippen LogP contribution in [-0.4, -0.2) is 31.3 Å². The number of carbonyl (C=O) groups is 1. The van der Waals surface area contributed by atoms with E-state index >= 15 is 0 Å². The molecule has 0 radical (unpaired) electrons. The number of hydrogen-bond donors (Lipinski definition) is 1. The topological polar surface area (TPSA) is 38.3 Å². The minimum atomic E-state index is -0.355. The molecule has 0 aliphatic heterocycles. The van der Waals surface area contributed by atoms with Crippen LogP contribution < -0.4 is 5.32 Å². The van der Waals surface area contributed by atoms with E-state index in [0.717, 1.165) is 11.5 Å². The molecule has 0 saturated heterocycles. The van der Waals surface area contributed by atoms with Gasteiger partial charge in [0.1, 0.15) is 6.61 Å². The largest absolute Gasteiger partial charge is 0.449 e. The molecule has 0 rings (SSSR count). The number of rotatable bonds is 5. The lowest BCUT2D eigenvalue weighted by Crippen LogP contribution is -2.20. The highest BCUT2D eigenvalue weighted by Gasteiger charge is 1.95. The summed E-state index contributed by atoms with van der Waals surface area (Å²) in [5.74, 6) is 1.94. The number of ether oxygens (including phenoxy) is 1. The molecule has 0 unspecified atom stereocenters. The molecule has 0 fully saturated rings. The SMILES string of the molecule is CCSSCCOC(=O)NC. The molecule has 11 heavy (non-hydrogen) atoms. The van der Waals surface area contributed by atoms with Gasteiger partial charge in [-0.3, -0.25) is 0 Å². The Morgan fingerprint density at radius 3 is 2.82 bits per heavy atom. The average molecular weight is 195 g/mol. The van der Waals surface area contributed by atoms with Gasteiger partial charge in [0.05, 0.1) is 0 Å². The Bertz CT molecular complexity index is 111. The first kappa shape index (κ1) is 11.0. The number of carbonyl (C=O) groups excluding carboxylic acids is 1. The molecule has 66 valence electrons. The van der Waals surface area contributed by atoms with E-state index in [1.807, 2.05) is 0 Å². The van der Waals surface area contributed by atoms with Gasteiger partial charge in [0.25, 0.3) is 0 Å². The maximum Gasteiger partial charge on any atom is 0.406 e. The molecule has 0 spiro atoms. The third-order valence-corrected chi connectivity index (χ3v) is 3.25. The van der Waals surface area contributed by atoms with Crippen molar-refractivity contribution in [2.45, 2.75) is 6.92 Å². The Kier molecular flexibility index (Phi) is 8.05. The van der Waals surface area contributed by atoms with Crippen LogP contribution in [0.5, 0.6) is 0 Å². The summed E-state index contributed by atoms with van der Waals surface area (Å²) in [6.45, 7) is 2.58. The molecule has 1 amide bonds. The monoisotopic (exact) mass is 195 g/mol. The highest BCUT2D eigenvalue weighted by molar-refractivity contribution is 8.76. The first-order valence-corrected chi connectivity index (χ1v) is 5.89. The highest BCUT2D eigenvalue weighted by Crippen LogP contribution is 2.19. The van der Waals surface area contributed by atoms with Crippen molar-refractivity contribution in [1.29, 1.82) is 0 Å². The van der Waals surface area contributed by atoms with Crippen LogP contribution in [0.25, 0.3) is 0 Å².